The SMILES string of the molecule is CC(S)C(=O)O.CC(S)C(=O)O.CC(S)C(=O)O.CCCCC(CC)C(=O)O.OCC(CO)(CO)CO. The predicted octanol–water partition coefficient (Wildman–Crippen LogP) is 1.40. The predicted molar refractivity (Wildman–Crippen MR) is 150 cm³/mol. The molecule has 0 aromatic heterocycles. The number of aliphatic carboxylic acids is 4. The van der Waals surface area contributed by atoms with Crippen LogP contribution in [0.5, 0.6) is 0 Å². The van der Waals surface area contributed by atoms with Crippen LogP contribution in [0.15, 0.2) is 0 Å². The summed E-state index contributed by atoms with van der Waals surface area (Å²) in [6.45, 7) is 6.89. The minimum Gasteiger partial charge on any atom is -0.481 e. The van der Waals surface area contributed by atoms with E-state index in [0.717, 1.165) is 25.7 Å². The molecule has 4 atom stereocenters. The first-order valence-corrected chi connectivity index (χ1v) is 12.8. The molecule has 0 aromatic rings. The lowest BCUT2D eigenvalue weighted by Gasteiger charge is -2.23. The van der Waals surface area contributed by atoms with Crippen molar-refractivity contribution in [1.82, 2.24) is 0 Å². The highest BCUT2D eigenvalue weighted by atomic mass is 32.1. The van der Waals surface area contributed by atoms with Crippen molar-refractivity contribution in [2.24, 2.45) is 11.3 Å². The number of carbonyl (C=O) groups is 4. The highest BCUT2D eigenvalue weighted by Crippen LogP contribution is 2.12. The summed E-state index contributed by atoms with van der Waals surface area (Å²) >= 11 is 10.8. The van der Waals surface area contributed by atoms with E-state index in [1.165, 1.54) is 20.8 Å². The van der Waals surface area contributed by atoms with Crippen molar-refractivity contribution in [3.8, 4) is 0 Å². The van der Waals surface area contributed by atoms with E-state index < -0.39 is 71.5 Å². The number of unbranched alkanes of at least 4 members (excludes halogenated alkanes) is 1. The summed E-state index contributed by atoms with van der Waals surface area (Å²) < 4.78 is 0. The molecule has 15 heteroatoms. The van der Waals surface area contributed by atoms with Gasteiger partial charge in [-0.05, 0) is 33.6 Å². The largest absolute Gasteiger partial charge is 0.481 e. The number of hydrogen-bond donors (Lipinski definition) is 11. The van der Waals surface area contributed by atoms with E-state index in [9.17, 15) is 19.2 Å². The molecule has 0 spiro atoms. The topological polar surface area (TPSA) is 230 Å². The Hall–Kier alpha value is -1.23. The van der Waals surface area contributed by atoms with Crippen molar-refractivity contribution in [1.29, 1.82) is 0 Å². The molecule has 0 amide bonds. The Morgan fingerprint density at radius 3 is 0.946 bits per heavy atom. The van der Waals surface area contributed by atoms with Crippen LogP contribution in [-0.4, -0.2) is 107 Å². The maximum Gasteiger partial charge on any atom is 0.316 e. The van der Waals surface area contributed by atoms with Gasteiger partial charge in [0.2, 0.25) is 0 Å². The van der Waals surface area contributed by atoms with Gasteiger partial charge in [0, 0.05) is 0 Å². The maximum atomic E-state index is 10.4. The number of carboxylic acids is 4. The number of thiol groups is 3. The zero-order chi connectivity index (χ0) is 30.8. The Bertz CT molecular complexity index is 523. The molecule has 4 unspecified atom stereocenters. The first-order valence-electron chi connectivity index (χ1n) is 11.3. The Morgan fingerprint density at radius 2 is 0.865 bits per heavy atom. The molecule has 0 fully saturated rings. The second-order valence-electron chi connectivity index (χ2n) is 7.76. The molecule has 0 bridgehead atoms. The van der Waals surface area contributed by atoms with Crippen LogP contribution in [-0.2, 0) is 19.2 Å². The van der Waals surface area contributed by atoms with Gasteiger partial charge in [-0.2, -0.15) is 37.9 Å². The Kier molecular flexibility index (Phi) is 36.2. The molecule has 0 aliphatic rings. The molecule has 8 N–H and O–H groups in total. The summed E-state index contributed by atoms with van der Waals surface area (Å²) in [5.41, 5.74) is -1.11. The third-order valence-corrected chi connectivity index (χ3v) is 4.82. The van der Waals surface area contributed by atoms with E-state index in [1.807, 2.05) is 6.92 Å². The molecule has 0 saturated heterocycles. The van der Waals surface area contributed by atoms with E-state index in [-0.39, 0.29) is 5.92 Å². The normalized spacial score (nSPS) is 13.1. The minimum absolute atomic E-state index is 0.111. The van der Waals surface area contributed by atoms with Crippen LogP contribution in [0, 0.1) is 11.3 Å². The molecule has 0 rings (SSSR count). The molecule has 37 heavy (non-hydrogen) atoms. The Balaban J connectivity index is -0.000000118. The van der Waals surface area contributed by atoms with Gasteiger partial charge in [-0.15, -0.1) is 0 Å². The monoisotopic (exact) mass is 598 g/mol. The fourth-order valence-electron chi connectivity index (χ4n) is 1.25. The lowest BCUT2D eigenvalue weighted by atomic mass is 9.93. The Morgan fingerprint density at radius 1 is 0.622 bits per heavy atom. The van der Waals surface area contributed by atoms with E-state index in [2.05, 4.69) is 44.8 Å². The molecular formula is C22H46O12S3. The number of aliphatic hydroxyl groups excluding tert-OH is 4. The van der Waals surface area contributed by atoms with Gasteiger partial charge in [-0.3, -0.25) is 19.2 Å². The molecule has 12 nitrogen and oxygen atoms in total. The van der Waals surface area contributed by atoms with Crippen molar-refractivity contribution < 1.29 is 60.0 Å². The molecule has 0 radical (unpaired) electrons. The number of rotatable bonds is 12. The maximum absolute atomic E-state index is 10.4. The first kappa shape index (κ1) is 45.7. The molecule has 0 aliphatic carbocycles. The number of aliphatic hydroxyl groups is 4. The van der Waals surface area contributed by atoms with Crippen LogP contribution in [0.4, 0.5) is 0 Å². The third kappa shape index (κ3) is 34.8. The summed E-state index contributed by atoms with van der Waals surface area (Å²) in [6, 6.07) is 0. The van der Waals surface area contributed by atoms with Gasteiger partial charge >= 0.3 is 23.9 Å². The molecular weight excluding hydrogens is 552 g/mol. The van der Waals surface area contributed by atoms with Crippen molar-refractivity contribution in [2.75, 3.05) is 26.4 Å². The van der Waals surface area contributed by atoms with Crippen LogP contribution in [0.1, 0.15) is 60.3 Å². The third-order valence-electron chi connectivity index (χ3n) is 4.16. The standard InChI is InChI=1S/C8H16O2.C5H12O4.3C3H6O2S/c1-3-5-6-7(4-2)8(9)10;6-1-5(2-7,3-8)4-9;3*1-2(6)3(4)5/h7H,3-6H2,1-2H3,(H,9,10);6-9H,1-4H2;3*2,6H,1H3,(H,4,5). The molecule has 0 aliphatic heterocycles. The summed E-state index contributed by atoms with van der Waals surface area (Å²) in [7, 11) is 0. The number of hydrogen-bond acceptors (Lipinski definition) is 11. The highest BCUT2D eigenvalue weighted by Gasteiger charge is 2.26. The van der Waals surface area contributed by atoms with Crippen LogP contribution >= 0.6 is 37.9 Å². The van der Waals surface area contributed by atoms with Gasteiger partial charge in [0.05, 0.1) is 53.5 Å². The zero-order valence-corrected chi connectivity index (χ0v) is 24.7. The van der Waals surface area contributed by atoms with E-state index in [0.29, 0.717) is 0 Å². The van der Waals surface area contributed by atoms with Crippen molar-refractivity contribution in [3.05, 3.63) is 0 Å². The smallest absolute Gasteiger partial charge is 0.316 e. The van der Waals surface area contributed by atoms with Crippen LogP contribution in [0.3, 0.4) is 0 Å². The first-order chi connectivity index (χ1) is 16.9. The van der Waals surface area contributed by atoms with Crippen LogP contribution in [0.25, 0.3) is 0 Å². The second kappa shape index (κ2) is 29.3. The van der Waals surface area contributed by atoms with Gasteiger partial charge in [-0.25, -0.2) is 0 Å². The average molecular weight is 599 g/mol. The van der Waals surface area contributed by atoms with Crippen LogP contribution < -0.4 is 0 Å². The van der Waals surface area contributed by atoms with Crippen molar-refractivity contribution in [2.45, 2.75) is 76.1 Å². The summed E-state index contributed by atoms with van der Waals surface area (Å²) in [5.74, 6) is -3.38. The molecule has 224 valence electrons. The van der Waals surface area contributed by atoms with E-state index in [1.54, 1.807) is 0 Å². The van der Waals surface area contributed by atoms with Gasteiger partial charge in [0.15, 0.2) is 0 Å². The fraction of sp³-hybridized carbons (Fsp3) is 0.818. The molecule has 0 aromatic carbocycles. The highest BCUT2D eigenvalue weighted by molar-refractivity contribution is 7.82. The van der Waals surface area contributed by atoms with Gasteiger partial charge in [-0.1, -0.05) is 26.7 Å². The van der Waals surface area contributed by atoms with Crippen LogP contribution in [0.2, 0.25) is 0 Å². The number of carboxylic acid groups (broad SMARTS) is 4. The molecule has 0 saturated carbocycles. The van der Waals surface area contributed by atoms with E-state index in [4.69, 9.17) is 40.9 Å². The Labute approximate surface area is 235 Å². The van der Waals surface area contributed by atoms with E-state index >= 15 is 0 Å². The van der Waals surface area contributed by atoms with Gasteiger partial charge in [0.1, 0.15) is 0 Å². The summed E-state index contributed by atoms with van der Waals surface area (Å²) in [6.07, 6.45) is 3.71. The lowest BCUT2D eigenvalue weighted by molar-refractivity contribution is -0.142. The summed E-state index contributed by atoms with van der Waals surface area (Å²) in [4.78, 5) is 39.3. The summed E-state index contributed by atoms with van der Waals surface area (Å²) in [5, 5.41) is 64.7. The van der Waals surface area contributed by atoms with Gasteiger partial charge < -0.3 is 40.9 Å². The lowest BCUT2D eigenvalue weighted by Crippen LogP contribution is -2.37. The second-order valence-corrected chi connectivity index (χ2v) is 10.1. The quantitative estimate of drug-likeness (QED) is 0.143. The fourth-order valence-corrected chi connectivity index (χ4v) is 1.25. The molecule has 0 heterocycles. The average Bonchev–Trinajstić information content (AvgIpc) is 2.82. The van der Waals surface area contributed by atoms with Gasteiger partial charge in [0.25, 0.3) is 0 Å². The zero-order valence-electron chi connectivity index (χ0n) is 22.0. The van der Waals surface area contributed by atoms with Crippen molar-refractivity contribution >= 4 is 61.8 Å². The minimum atomic E-state index is -1.11. The van der Waals surface area contributed by atoms with Crippen molar-refractivity contribution in [3.63, 3.8) is 0 Å².